The predicted molar refractivity (Wildman–Crippen MR) is 112 cm³/mol. The number of aromatic nitrogens is 4. The van der Waals surface area contributed by atoms with Gasteiger partial charge in [-0.15, -0.1) is 10.2 Å². The van der Waals surface area contributed by atoms with Crippen molar-refractivity contribution in [1.29, 1.82) is 0 Å². The molecule has 1 heterocycles. The van der Waals surface area contributed by atoms with E-state index in [1.54, 1.807) is 30.1 Å². The van der Waals surface area contributed by atoms with Gasteiger partial charge in [-0.1, -0.05) is 36.4 Å². The molecule has 156 valence electrons. The van der Waals surface area contributed by atoms with Gasteiger partial charge in [0.15, 0.2) is 11.5 Å². The lowest BCUT2D eigenvalue weighted by Crippen LogP contribution is -2.38. The predicted octanol–water partition coefficient (Wildman–Crippen LogP) is 3.27. The summed E-state index contributed by atoms with van der Waals surface area (Å²) in [7, 11) is 3.09. The number of benzene rings is 2. The molecule has 0 bridgehead atoms. The first kappa shape index (κ1) is 19.9. The molecule has 0 spiro atoms. The lowest BCUT2D eigenvalue weighted by molar-refractivity contribution is 0.0916. The summed E-state index contributed by atoms with van der Waals surface area (Å²) < 4.78 is 10.7. The van der Waals surface area contributed by atoms with Gasteiger partial charge in [0.1, 0.15) is 0 Å². The summed E-state index contributed by atoms with van der Waals surface area (Å²) in [6.07, 6.45) is 3.46. The zero-order valence-corrected chi connectivity index (χ0v) is 17.1. The number of amides is 1. The van der Waals surface area contributed by atoms with Crippen LogP contribution in [0.15, 0.2) is 48.5 Å². The maximum absolute atomic E-state index is 12.8. The number of carbonyl (C=O) groups is 1. The van der Waals surface area contributed by atoms with E-state index in [9.17, 15) is 4.79 Å². The third-order valence-electron chi connectivity index (χ3n) is 5.47. The quantitative estimate of drug-likeness (QED) is 0.674. The van der Waals surface area contributed by atoms with Crippen LogP contribution in [0.3, 0.4) is 0 Å². The van der Waals surface area contributed by atoms with Crippen LogP contribution < -0.4 is 14.8 Å². The van der Waals surface area contributed by atoms with Crippen molar-refractivity contribution >= 4 is 5.91 Å². The van der Waals surface area contributed by atoms with Crippen LogP contribution in [0.1, 0.15) is 42.1 Å². The Morgan fingerprint density at radius 3 is 2.47 bits per heavy atom. The zero-order valence-electron chi connectivity index (χ0n) is 17.1. The molecule has 8 nitrogen and oxygen atoms in total. The lowest BCUT2D eigenvalue weighted by atomic mass is 9.91. The second-order valence-corrected chi connectivity index (χ2v) is 7.32. The van der Waals surface area contributed by atoms with Gasteiger partial charge in [0.05, 0.1) is 25.8 Å². The Bertz CT molecular complexity index is 997. The smallest absolute Gasteiger partial charge is 0.255 e. The molecule has 1 aliphatic rings. The molecule has 1 N–H and O–H groups in total. The highest BCUT2D eigenvalue weighted by molar-refractivity contribution is 5.98. The number of methoxy groups -OCH3 is 2. The second kappa shape index (κ2) is 8.94. The Morgan fingerprint density at radius 2 is 1.77 bits per heavy atom. The third kappa shape index (κ3) is 4.12. The highest BCUT2D eigenvalue weighted by atomic mass is 16.5. The van der Waals surface area contributed by atoms with Crippen LogP contribution in [0.25, 0.3) is 11.4 Å². The van der Waals surface area contributed by atoms with Crippen molar-refractivity contribution < 1.29 is 14.3 Å². The van der Waals surface area contributed by atoms with Gasteiger partial charge in [-0.25, -0.2) is 0 Å². The zero-order chi connectivity index (χ0) is 20.9. The van der Waals surface area contributed by atoms with Crippen molar-refractivity contribution in [3.05, 3.63) is 54.1 Å². The highest BCUT2D eigenvalue weighted by Crippen LogP contribution is 2.32. The minimum atomic E-state index is -0.153. The molecule has 30 heavy (non-hydrogen) atoms. The molecule has 8 heteroatoms. The molecule has 1 saturated carbocycles. The minimum absolute atomic E-state index is 0.0989. The average molecular weight is 407 g/mol. The van der Waals surface area contributed by atoms with E-state index in [4.69, 9.17) is 9.47 Å². The van der Waals surface area contributed by atoms with Crippen LogP contribution >= 0.6 is 0 Å². The number of carbonyl (C=O) groups excluding carboxylic acids is 1. The Morgan fingerprint density at radius 1 is 1.00 bits per heavy atom. The van der Waals surface area contributed by atoms with Gasteiger partial charge in [0.25, 0.3) is 5.91 Å². The van der Waals surface area contributed by atoms with E-state index in [2.05, 4.69) is 20.7 Å². The van der Waals surface area contributed by atoms with E-state index in [0.717, 1.165) is 31.2 Å². The Balaban J connectivity index is 1.36. The SMILES string of the molecule is COc1cccc(C(=O)NC2CCC(n3nnc(-c4ccccc4)n3)CC2)c1OC. The van der Waals surface area contributed by atoms with Crippen LogP contribution in [0, 0.1) is 0 Å². The molecular weight excluding hydrogens is 382 g/mol. The van der Waals surface area contributed by atoms with Crippen molar-refractivity contribution in [3.8, 4) is 22.9 Å². The highest BCUT2D eigenvalue weighted by Gasteiger charge is 2.27. The molecule has 0 radical (unpaired) electrons. The largest absolute Gasteiger partial charge is 0.493 e. The Kier molecular flexibility index (Phi) is 5.92. The molecule has 0 atom stereocenters. The number of tetrazole rings is 1. The van der Waals surface area contributed by atoms with Gasteiger partial charge in [-0.05, 0) is 43.0 Å². The van der Waals surface area contributed by atoms with Crippen molar-refractivity contribution in [2.24, 2.45) is 0 Å². The summed E-state index contributed by atoms with van der Waals surface area (Å²) in [4.78, 5) is 14.5. The first-order valence-corrected chi connectivity index (χ1v) is 10.1. The summed E-state index contributed by atoms with van der Waals surface area (Å²) >= 11 is 0. The van der Waals surface area contributed by atoms with Gasteiger partial charge >= 0.3 is 0 Å². The molecule has 0 aliphatic heterocycles. The number of hydrogen-bond donors (Lipinski definition) is 1. The minimum Gasteiger partial charge on any atom is -0.493 e. The average Bonchev–Trinajstić information content (AvgIpc) is 3.30. The number of hydrogen-bond acceptors (Lipinski definition) is 6. The molecule has 3 aromatic rings. The number of rotatable bonds is 6. The van der Waals surface area contributed by atoms with E-state index >= 15 is 0 Å². The van der Waals surface area contributed by atoms with E-state index in [0.29, 0.717) is 22.9 Å². The summed E-state index contributed by atoms with van der Waals surface area (Å²) in [6.45, 7) is 0. The topological polar surface area (TPSA) is 91.2 Å². The number of nitrogens with one attached hydrogen (secondary N) is 1. The maximum Gasteiger partial charge on any atom is 0.255 e. The summed E-state index contributed by atoms with van der Waals surface area (Å²) in [5.74, 6) is 1.47. The molecule has 1 amide bonds. The summed E-state index contributed by atoms with van der Waals surface area (Å²) in [5, 5.41) is 16.1. The summed E-state index contributed by atoms with van der Waals surface area (Å²) in [5.41, 5.74) is 1.43. The van der Waals surface area contributed by atoms with Crippen molar-refractivity contribution in [1.82, 2.24) is 25.5 Å². The molecule has 0 saturated heterocycles. The normalized spacial score (nSPS) is 18.6. The molecule has 1 aromatic heterocycles. The number of para-hydroxylation sites is 1. The molecule has 0 unspecified atom stereocenters. The van der Waals surface area contributed by atoms with Gasteiger partial charge in [0, 0.05) is 11.6 Å². The molecule has 2 aromatic carbocycles. The van der Waals surface area contributed by atoms with Crippen LogP contribution in [0.5, 0.6) is 11.5 Å². The van der Waals surface area contributed by atoms with Crippen LogP contribution in [-0.2, 0) is 0 Å². The Labute approximate surface area is 175 Å². The van der Waals surface area contributed by atoms with Crippen molar-refractivity contribution in [2.75, 3.05) is 14.2 Å². The van der Waals surface area contributed by atoms with Gasteiger partial charge in [-0.2, -0.15) is 4.80 Å². The fraction of sp³-hybridized carbons (Fsp3) is 0.364. The lowest BCUT2D eigenvalue weighted by Gasteiger charge is -2.28. The van der Waals surface area contributed by atoms with E-state index in [1.165, 1.54) is 7.11 Å². The molecule has 4 rings (SSSR count). The first-order valence-electron chi connectivity index (χ1n) is 10.1. The van der Waals surface area contributed by atoms with Crippen molar-refractivity contribution in [3.63, 3.8) is 0 Å². The van der Waals surface area contributed by atoms with Gasteiger partial charge in [-0.3, -0.25) is 4.79 Å². The van der Waals surface area contributed by atoms with Gasteiger partial charge in [0.2, 0.25) is 5.82 Å². The summed E-state index contributed by atoms with van der Waals surface area (Å²) in [6, 6.07) is 15.4. The maximum atomic E-state index is 12.8. The fourth-order valence-corrected chi connectivity index (χ4v) is 3.86. The molecular formula is C22H25N5O3. The first-order chi connectivity index (χ1) is 14.7. The standard InChI is InChI=1S/C22H25N5O3/c1-29-19-10-6-9-18(20(19)30-2)22(28)23-16-11-13-17(14-12-16)27-25-21(24-26-27)15-7-4-3-5-8-15/h3-10,16-17H,11-14H2,1-2H3,(H,23,28). The van der Waals surface area contributed by atoms with Gasteiger partial charge < -0.3 is 14.8 Å². The van der Waals surface area contributed by atoms with Crippen molar-refractivity contribution in [2.45, 2.75) is 37.8 Å². The fourth-order valence-electron chi connectivity index (χ4n) is 3.86. The Hall–Kier alpha value is -3.42. The molecule has 1 aliphatic carbocycles. The van der Waals surface area contributed by atoms with Crippen LogP contribution in [0.4, 0.5) is 0 Å². The number of nitrogens with zero attached hydrogens (tertiary/aromatic N) is 4. The third-order valence-corrected chi connectivity index (χ3v) is 5.47. The van der Waals surface area contributed by atoms with Crippen LogP contribution in [0.2, 0.25) is 0 Å². The number of ether oxygens (including phenoxy) is 2. The molecule has 1 fully saturated rings. The van der Waals surface area contributed by atoms with E-state index < -0.39 is 0 Å². The van der Waals surface area contributed by atoms with Crippen LogP contribution in [-0.4, -0.2) is 46.4 Å². The van der Waals surface area contributed by atoms with E-state index in [1.807, 2.05) is 30.3 Å². The monoisotopic (exact) mass is 407 g/mol. The second-order valence-electron chi connectivity index (χ2n) is 7.32. The van der Waals surface area contributed by atoms with E-state index in [-0.39, 0.29) is 18.0 Å².